The van der Waals surface area contributed by atoms with Crippen molar-refractivity contribution in [2.45, 2.75) is 63.7 Å². The zero-order chi connectivity index (χ0) is 14.4. The summed E-state index contributed by atoms with van der Waals surface area (Å²) in [5.74, 6) is -1.97. The summed E-state index contributed by atoms with van der Waals surface area (Å²) < 4.78 is 27.1. The number of nitrogens with zero attached hydrogens (tertiary/aromatic N) is 2. The smallest absolute Gasteiger partial charge is 0.248 e. The lowest BCUT2D eigenvalue weighted by Gasteiger charge is -2.22. The van der Waals surface area contributed by atoms with Gasteiger partial charge in [-0.05, 0) is 31.6 Å². The quantitative estimate of drug-likeness (QED) is 0.321. The summed E-state index contributed by atoms with van der Waals surface area (Å²) in [5.41, 5.74) is 6.03. The Hall–Kier alpha value is -0.140. The van der Waals surface area contributed by atoms with Crippen molar-refractivity contribution in [2.24, 2.45) is 16.6 Å². The lowest BCUT2D eigenvalue weighted by atomic mass is 9.99. The highest BCUT2D eigenvalue weighted by Gasteiger charge is 2.34. The first-order valence-corrected chi connectivity index (χ1v) is 7.99. The molecule has 0 aromatic rings. The average Bonchev–Trinajstić information content (AvgIpc) is 2.76. The van der Waals surface area contributed by atoms with E-state index >= 15 is 0 Å². The third-order valence-electron chi connectivity index (χ3n) is 4.43. The fourth-order valence-corrected chi connectivity index (χ4v) is 3.22. The summed E-state index contributed by atoms with van der Waals surface area (Å²) in [6.07, 6.45) is 7.19. The molecule has 3 nitrogen and oxygen atoms in total. The molecule has 1 unspecified atom stereocenters. The largest absolute Gasteiger partial charge is 0.370 e. The molecular formula is C15H28F2IN3. The first kappa shape index (κ1) is 18.9. The van der Waals surface area contributed by atoms with E-state index in [1.54, 1.807) is 0 Å². The van der Waals surface area contributed by atoms with Crippen LogP contribution in [0.2, 0.25) is 0 Å². The second-order valence-electron chi connectivity index (χ2n) is 6.27. The molecule has 2 N–H and O–H groups in total. The summed E-state index contributed by atoms with van der Waals surface area (Å²) in [6, 6.07) is 0. The van der Waals surface area contributed by atoms with Crippen molar-refractivity contribution in [1.29, 1.82) is 0 Å². The van der Waals surface area contributed by atoms with Crippen molar-refractivity contribution in [3.8, 4) is 0 Å². The molecule has 0 spiro atoms. The molecule has 1 atom stereocenters. The molecule has 0 amide bonds. The molecular weight excluding hydrogens is 387 g/mol. The Morgan fingerprint density at radius 1 is 1.10 bits per heavy atom. The van der Waals surface area contributed by atoms with Crippen molar-refractivity contribution >= 4 is 29.9 Å². The van der Waals surface area contributed by atoms with Gasteiger partial charge in [0, 0.05) is 32.5 Å². The molecule has 124 valence electrons. The zero-order valence-corrected chi connectivity index (χ0v) is 15.0. The number of hydrogen-bond donors (Lipinski definition) is 1. The second kappa shape index (κ2) is 9.10. The number of guanidine groups is 1. The molecule has 6 heteroatoms. The first-order chi connectivity index (χ1) is 9.57. The number of hydrogen-bond acceptors (Lipinski definition) is 1. The number of aliphatic imine (C=N–C) groups is 1. The first-order valence-electron chi connectivity index (χ1n) is 7.99. The minimum atomic E-state index is -2.51. The van der Waals surface area contributed by atoms with Crippen LogP contribution in [0.1, 0.15) is 57.8 Å². The standard InChI is InChI=1S/C15H27F2N3.HI/c16-15(17)8-4-3-7-13(11-15)12-19-14(18)20-9-5-1-2-6-10-20;/h13H,1-12H2,(H2,18,19);1H. The highest BCUT2D eigenvalue weighted by Crippen LogP contribution is 2.35. The monoisotopic (exact) mass is 415 g/mol. The molecule has 0 aromatic carbocycles. The van der Waals surface area contributed by atoms with Crippen LogP contribution < -0.4 is 5.73 Å². The number of likely N-dealkylation sites (tertiary alicyclic amines) is 1. The van der Waals surface area contributed by atoms with Gasteiger partial charge in [-0.25, -0.2) is 8.78 Å². The number of alkyl halides is 2. The van der Waals surface area contributed by atoms with Crippen LogP contribution in [0.5, 0.6) is 0 Å². The third kappa shape index (κ3) is 6.65. The fraction of sp³-hybridized carbons (Fsp3) is 0.933. The van der Waals surface area contributed by atoms with Gasteiger partial charge in [-0.15, -0.1) is 24.0 Å². The van der Waals surface area contributed by atoms with E-state index in [-0.39, 0.29) is 42.7 Å². The molecule has 1 aliphatic carbocycles. The van der Waals surface area contributed by atoms with Gasteiger partial charge in [-0.1, -0.05) is 19.3 Å². The van der Waals surface area contributed by atoms with Crippen molar-refractivity contribution in [3.63, 3.8) is 0 Å². The molecule has 1 saturated heterocycles. The van der Waals surface area contributed by atoms with Crippen LogP contribution in [-0.2, 0) is 0 Å². The number of rotatable bonds is 2. The Kier molecular flexibility index (Phi) is 8.19. The van der Waals surface area contributed by atoms with Crippen molar-refractivity contribution in [1.82, 2.24) is 4.90 Å². The summed E-state index contributed by atoms with van der Waals surface area (Å²) in [7, 11) is 0. The van der Waals surface area contributed by atoms with Crippen LogP contribution in [0.25, 0.3) is 0 Å². The minimum Gasteiger partial charge on any atom is -0.370 e. The zero-order valence-electron chi connectivity index (χ0n) is 12.7. The maximum Gasteiger partial charge on any atom is 0.248 e. The molecule has 1 aliphatic heterocycles. The Morgan fingerprint density at radius 2 is 1.76 bits per heavy atom. The summed E-state index contributed by atoms with van der Waals surface area (Å²) in [4.78, 5) is 6.52. The van der Waals surface area contributed by atoms with Crippen LogP contribution >= 0.6 is 24.0 Å². The predicted octanol–water partition coefficient (Wildman–Crippen LogP) is 4.01. The molecule has 1 saturated carbocycles. The van der Waals surface area contributed by atoms with E-state index in [2.05, 4.69) is 9.89 Å². The summed E-state index contributed by atoms with van der Waals surface area (Å²) in [6.45, 7) is 2.37. The van der Waals surface area contributed by atoms with Crippen molar-refractivity contribution < 1.29 is 8.78 Å². The average molecular weight is 415 g/mol. The Morgan fingerprint density at radius 3 is 2.43 bits per heavy atom. The van der Waals surface area contributed by atoms with Crippen LogP contribution in [0.3, 0.4) is 0 Å². The van der Waals surface area contributed by atoms with E-state index in [4.69, 9.17) is 5.73 Å². The van der Waals surface area contributed by atoms with Crippen LogP contribution in [0, 0.1) is 5.92 Å². The second-order valence-corrected chi connectivity index (χ2v) is 6.27. The molecule has 0 bridgehead atoms. The third-order valence-corrected chi connectivity index (χ3v) is 4.43. The Balaban J connectivity index is 0.00000220. The number of halogens is 3. The number of nitrogens with two attached hydrogens (primary N) is 1. The lowest BCUT2D eigenvalue weighted by Crippen LogP contribution is -2.38. The van der Waals surface area contributed by atoms with Gasteiger partial charge in [0.1, 0.15) is 0 Å². The van der Waals surface area contributed by atoms with Gasteiger partial charge in [0.05, 0.1) is 0 Å². The van der Waals surface area contributed by atoms with E-state index < -0.39 is 5.92 Å². The highest BCUT2D eigenvalue weighted by molar-refractivity contribution is 14.0. The van der Waals surface area contributed by atoms with Crippen LogP contribution in [0.4, 0.5) is 8.78 Å². The summed E-state index contributed by atoms with van der Waals surface area (Å²) in [5, 5.41) is 0. The maximum atomic E-state index is 13.6. The molecule has 0 aromatic heterocycles. The van der Waals surface area contributed by atoms with Crippen LogP contribution in [0.15, 0.2) is 4.99 Å². The van der Waals surface area contributed by atoms with Gasteiger partial charge in [0.25, 0.3) is 0 Å². The maximum absolute atomic E-state index is 13.6. The van der Waals surface area contributed by atoms with E-state index in [0.29, 0.717) is 18.9 Å². The van der Waals surface area contributed by atoms with E-state index in [1.807, 2.05) is 0 Å². The fourth-order valence-electron chi connectivity index (χ4n) is 3.22. The van der Waals surface area contributed by atoms with Gasteiger partial charge >= 0.3 is 0 Å². The normalized spacial score (nSPS) is 27.4. The summed E-state index contributed by atoms with van der Waals surface area (Å²) >= 11 is 0. The SMILES string of the molecule is I.NC(=NCC1CCCCC(F)(F)C1)N1CCCCCC1. The predicted molar refractivity (Wildman–Crippen MR) is 93.5 cm³/mol. The van der Waals surface area contributed by atoms with Gasteiger partial charge in [-0.2, -0.15) is 0 Å². The van der Waals surface area contributed by atoms with Crippen molar-refractivity contribution in [3.05, 3.63) is 0 Å². The van der Waals surface area contributed by atoms with Gasteiger partial charge in [0.2, 0.25) is 5.92 Å². The van der Waals surface area contributed by atoms with Gasteiger partial charge < -0.3 is 10.6 Å². The Bertz CT molecular complexity index is 329. The van der Waals surface area contributed by atoms with Gasteiger partial charge in [-0.3, -0.25) is 4.99 Å². The molecule has 1 heterocycles. The lowest BCUT2D eigenvalue weighted by molar-refractivity contribution is -0.0241. The van der Waals surface area contributed by atoms with E-state index in [9.17, 15) is 8.78 Å². The minimum absolute atomic E-state index is 0. The topological polar surface area (TPSA) is 41.6 Å². The highest BCUT2D eigenvalue weighted by atomic mass is 127. The molecule has 2 aliphatic rings. The van der Waals surface area contributed by atoms with Gasteiger partial charge in [0.15, 0.2) is 5.96 Å². The van der Waals surface area contributed by atoms with E-state index in [0.717, 1.165) is 38.8 Å². The van der Waals surface area contributed by atoms with Crippen LogP contribution in [-0.4, -0.2) is 36.4 Å². The molecule has 2 fully saturated rings. The molecule has 2 rings (SSSR count). The Labute approximate surface area is 143 Å². The molecule has 0 radical (unpaired) electrons. The molecule has 21 heavy (non-hydrogen) atoms. The van der Waals surface area contributed by atoms with E-state index in [1.165, 1.54) is 12.8 Å². The van der Waals surface area contributed by atoms with Crippen molar-refractivity contribution in [2.75, 3.05) is 19.6 Å².